The highest BCUT2D eigenvalue weighted by atomic mass is 16.5. The average molecular weight is 281 g/mol. The molecule has 0 radical (unpaired) electrons. The Balaban J connectivity index is 1.29. The third-order valence-electron chi connectivity index (χ3n) is 5.19. The lowest BCUT2D eigenvalue weighted by Crippen LogP contribution is -2.49. The first-order valence-electron chi connectivity index (χ1n) is 8.65. The number of hydrogen-bond acceptors (Lipinski definition) is 4. The van der Waals surface area contributed by atoms with Gasteiger partial charge < -0.3 is 14.5 Å². The van der Waals surface area contributed by atoms with Gasteiger partial charge in [0.1, 0.15) is 0 Å². The first-order chi connectivity index (χ1) is 9.90. The van der Waals surface area contributed by atoms with Crippen molar-refractivity contribution in [3.05, 3.63) is 0 Å². The summed E-state index contributed by atoms with van der Waals surface area (Å²) in [7, 11) is 0. The first-order valence-corrected chi connectivity index (χ1v) is 8.65. The van der Waals surface area contributed by atoms with Crippen LogP contribution < -0.4 is 0 Å². The summed E-state index contributed by atoms with van der Waals surface area (Å²) in [6.07, 6.45) is 5.55. The van der Waals surface area contributed by atoms with Crippen LogP contribution in [-0.2, 0) is 4.74 Å². The van der Waals surface area contributed by atoms with E-state index in [2.05, 4.69) is 14.7 Å². The van der Waals surface area contributed by atoms with Crippen LogP contribution in [0.25, 0.3) is 0 Å². The van der Waals surface area contributed by atoms with E-state index in [0.29, 0.717) is 0 Å². The highest BCUT2D eigenvalue weighted by Crippen LogP contribution is 2.15. The number of hydrogen-bond donors (Lipinski definition) is 0. The Labute approximate surface area is 124 Å². The molecule has 0 aromatic carbocycles. The van der Waals surface area contributed by atoms with Crippen molar-refractivity contribution in [1.29, 1.82) is 0 Å². The number of piperazine rings is 1. The average Bonchev–Trinajstić information content (AvgIpc) is 3.01. The van der Waals surface area contributed by atoms with Crippen molar-refractivity contribution in [2.75, 3.05) is 72.1 Å². The van der Waals surface area contributed by atoms with Crippen molar-refractivity contribution < 1.29 is 4.74 Å². The van der Waals surface area contributed by atoms with Gasteiger partial charge in [-0.2, -0.15) is 0 Å². The normalized spacial score (nSPS) is 30.9. The predicted octanol–water partition coefficient (Wildman–Crippen LogP) is 1.13. The summed E-state index contributed by atoms with van der Waals surface area (Å²) in [5, 5.41) is 0. The van der Waals surface area contributed by atoms with Gasteiger partial charge in [-0.1, -0.05) is 6.42 Å². The topological polar surface area (TPSA) is 19.0 Å². The van der Waals surface area contributed by atoms with Crippen LogP contribution in [-0.4, -0.2) is 86.8 Å². The van der Waals surface area contributed by atoms with Crippen molar-refractivity contribution in [2.24, 2.45) is 5.92 Å². The molecular weight excluding hydrogens is 250 g/mol. The van der Waals surface area contributed by atoms with Crippen LogP contribution in [0.4, 0.5) is 0 Å². The van der Waals surface area contributed by atoms with Gasteiger partial charge in [0.05, 0.1) is 6.61 Å². The summed E-state index contributed by atoms with van der Waals surface area (Å²) >= 11 is 0. The second-order valence-electron chi connectivity index (χ2n) is 6.77. The SMILES string of the molecule is C1CCN(CCN2CCN(C[C@H]3CCOC3)CC2)CC1. The molecule has 0 amide bonds. The molecular formula is C16H31N3O. The van der Waals surface area contributed by atoms with Gasteiger partial charge in [-0.05, 0) is 38.3 Å². The zero-order valence-corrected chi connectivity index (χ0v) is 12.9. The van der Waals surface area contributed by atoms with Crippen molar-refractivity contribution >= 4 is 0 Å². The molecule has 4 nitrogen and oxygen atoms in total. The summed E-state index contributed by atoms with van der Waals surface area (Å²) in [6, 6.07) is 0. The lowest BCUT2D eigenvalue weighted by molar-refractivity contribution is 0.0988. The minimum absolute atomic E-state index is 0.801. The molecule has 0 aromatic rings. The van der Waals surface area contributed by atoms with Gasteiger partial charge in [0.25, 0.3) is 0 Å². The highest BCUT2D eigenvalue weighted by Gasteiger charge is 2.22. The molecule has 3 saturated heterocycles. The zero-order valence-electron chi connectivity index (χ0n) is 12.9. The van der Waals surface area contributed by atoms with E-state index in [1.54, 1.807) is 0 Å². The molecule has 0 unspecified atom stereocenters. The fourth-order valence-corrected chi connectivity index (χ4v) is 3.75. The molecule has 3 aliphatic heterocycles. The molecule has 0 N–H and O–H groups in total. The van der Waals surface area contributed by atoms with Gasteiger partial charge in [0.15, 0.2) is 0 Å². The Bertz CT molecular complexity index is 267. The monoisotopic (exact) mass is 281 g/mol. The Morgan fingerprint density at radius 1 is 0.750 bits per heavy atom. The molecule has 0 aliphatic carbocycles. The second kappa shape index (κ2) is 7.74. The maximum atomic E-state index is 5.48. The van der Waals surface area contributed by atoms with Gasteiger partial charge in [0.2, 0.25) is 0 Å². The smallest absolute Gasteiger partial charge is 0.0507 e. The molecule has 3 fully saturated rings. The van der Waals surface area contributed by atoms with E-state index < -0.39 is 0 Å². The van der Waals surface area contributed by atoms with E-state index in [1.807, 2.05) is 0 Å². The maximum Gasteiger partial charge on any atom is 0.0507 e. The van der Waals surface area contributed by atoms with Crippen LogP contribution in [0, 0.1) is 5.92 Å². The van der Waals surface area contributed by atoms with Crippen molar-refractivity contribution in [2.45, 2.75) is 25.7 Å². The minimum atomic E-state index is 0.801. The third-order valence-corrected chi connectivity index (χ3v) is 5.19. The molecule has 1 atom stereocenters. The summed E-state index contributed by atoms with van der Waals surface area (Å²) < 4.78 is 5.48. The Kier molecular flexibility index (Phi) is 5.71. The van der Waals surface area contributed by atoms with Crippen molar-refractivity contribution in [1.82, 2.24) is 14.7 Å². The Morgan fingerprint density at radius 2 is 1.40 bits per heavy atom. The van der Waals surface area contributed by atoms with Gasteiger partial charge in [0, 0.05) is 52.4 Å². The van der Waals surface area contributed by atoms with Gasteiger partial charge in [-0.25, -0.2) is 0 Å². The molecule has 116 valence electrons. The van der Waals surface area contributed by atoms with Gasteiger partial charge in [-0.15, -0.1) is 0 Å². The van der Waals surface area contributed by atoms with Crippen LogP contribution >= 0.6 is 0 Å². The van der Waals surface area contributed by atoms with E-state index in [9.17, 15) is 0 Å². The van der Waals surface area contributed by atoms with Crippen LogP contribution in [0.5, 0.6) is 0 Å². The molecule has 3 heterocycles. The molecule has 3 rings (SSSR count). The molecule has 0 aromatic heterocycles. The molecule has 0 saturated carbocycles. The van der Waals surface area contributed by atoms with Gasteiger partial charge in [-0.3, -0.25) is 4.90 Å². The highest BCUT2D eigenvalue weighted by molar-refractivity contribution is 4.77. The number of ether oxygens (including phenoxy) is 1. The van der Waals surface area contributed by atoms with Crippen LogP contribution in [0.2, 0.25) is 0 Å². The molecule has 0 bridgehead atoms. The minimum Gasteiger partial charge on any atom is -0.381 e. The fraction of sp³-hybridized carbons (Fsp3) is 1.00. The Morgan fingerprint density at radius 3 is 2.05 bits per heavy atom. The quantitative estimate of drug-likeness (QED) is 0.752. The fourth-order valence-electron chi connectivity index (χ4n) is 3.75. The lowest BCUT2D eigenvalue weighted by Gasteiger charge is -2.37. The van der Waals surface area contributed by atoms with E-state index in [1.165, 1.54) is 84.6 Å². The molecule has 20 heavy (non-hydrogen) atoms. The van der Waals surface area contributed by atoms with Crippen molar-refractivity contribution in [3.8, 4) is 0 Å². The number of nitrogens with zero attached hydrogens (tertiary/aromatic N) is 3. The first kappa shape index (κ1) is 14.8. The van der Waals surface area contributed by atoms with E-state index in [-0.39, 0.29) is 0 Å². The second-order valence-corrected chi connectivity index (χ2v) is 6.77. The zero-order chi connectivity index (χ0) is 13.6. The summed E-state index contributed by atoms with van der Waals surface area (Å²) in [4.78, 5) is 7.97. The number of likely N-dealkylation sites (tertiary alicyclic amines) is 1. The molecule has 0 spiro atoms. The summed E-state index contributed by atoms with van der Waals surface area (Å²) in [5.74, 6) is 0.801. The maximum absolute atomic E-state index is 5.48. The molecule has 4 heteroatoms. The lowest BCUT2D eigenvalue weighted by atomic mass is 10.1. The summed E-state index contributed by atoms with van der Waals surface area (Å²) in [5.41, 5.74) is 0. The van der Waals surface area contributed by atoms with E-state index in [0.717, 1.165) is 19.1 Å². The Hall–Kier alpha value is -0.160. The summed E-state index contributed by atoms with van der Waals surface area (Å²) in [6.45, 7) is 13.5. The number of piperidine rings is 1. The predicted molar refractivity (Wildman–Crippen MR) is 82.1 cm³/mol. The van der Waals surface area contributed by atoms with Crippen LogP contribution in [0.15, 0.2) is 0 Å². The third kappa shape index (κ3) is 4.42. The van der Waals surface area contributed by atoms with Crippen LogP contribution in [0.1, 0.15) is 25.7 Å². The van der Waals surface area contributed by atoms with Crippen LogP contribution in [0.3, 0.4) is 0 Å². The standard InChI is InChI=1S/C16H31N3O/c1-2-5-17(6-3-1)7-8-18-9-11-19(12-10-18)14-16-4-13-20-15-16/h16H,1-15H2/t16-/m1/s1. The largest absolute Gasteiger partial charge is 0.381 e. The van der Waals surface area contributed by atoms with Crippen molar-refractivity contribution in [3.63, 3.8) is 0 Å². The molecule has 3 aliphatic rings. The van der Waals surface area contributed by atoms with E-state index in [4.69, 9.17) is 4.74 Å². The van der Waals surface area contributed by atoms with E-state index >= 15 is 0 Å². The number of rotatable bonds is 5. The van der Waals surface area contributed by atoms with Gasteiger partial charge >= 0.3 is 0 Å².